The standard InChI is InChI=1S/C20H21N7OS/c1-11-5-7-14(8-6-11)19-22-16(10-29-19)23-20(28)25-24-15-9-12(2)17-13(3)26-27(4)18(17)21-15/h5-10H,1-4H3,(H,21,24)(H2,23,25,28). The van der Waals surface area contributed by atoms with Crippen LogP contribution in [0.1, 0.15) is 16.8 Å². The largest absolute Gasteiger partial charge is 0.339 e. The summed E-state index contributed by atoms with van der Waals surface area (Å²) >= 11 is 1.48. The smallest absolute Gasteiger partial charge is 0.290 e. The highest BCUT2D eigenvalue weighted by atomic mass is 32.1. The Hall–Kier alpha value is -3.46. The number of carbonyl (C=O) groups excluding carboxylic acids is 1. The Balaban J connectivity index is 1.41. The van der Waals surface area contributed by atoms with E-state index in [9.17, 15) is 4.79 Å². The number of nitrogens with zero attached hydrogens (tertiary/aromatic N) is 4. The second-order valence-corrected chi connectivity index (χ2v) is 7.70. The summed E-state index contributed by atoms with van der Waals surface area (Å²) in [6.07, 6.45) is 0. The molecule has 8 nitrogen and oxygen atoms in total. The maximum absolute atomic E-state index is 12.2. The molecule has 29 heavy (non-hydrogen) atoms. The zero-order valence-electron chi connectivity index (χ0n) is 16.6. The molecule has 3 aromatic heterocycles. The number of thiazole rings is 1. The Bertz CT molecular complexity index is 1190. The number of aryl methyl sites for hydroxylation is 4. The van der Waals surface area contributed by atoms with E-state index >= 15 is 0 Å². The Morgan fingerprint density at radius 1 is 1.07 bits per heavy atom. The van der Waals surface area contributed by atoms with E-state index in [1.807, 2.05) is 63.5 Å². The predicted octanol–water partition coefficient (Wildman–Crippen LogP) is 4.17. The number of benzene rings is 1. The molecule has 0 radical (unpaired) electrons. The second kappa shape index (κ2) is 7.51. The number of anilines is 2. The molecule has 0 unspecified atom stereocenters. The van der Waals surface area contributed by atoms with Crippen LogP contribution in [-0.2, 0) is 7.05 Å². The van der Waals surface area contributed by atoms with Crippen LogP contribution >= 0.6 is 11.3 Å². The highest BCUT2D eigenvalue weighted by Gasteiger charge is 2.12. The summed E-state index contributed by atoms with van der Waals surface area (Å²) in [5.74, 6) is 1.03. The second-order valence-electron chi connectivity index (χ2n) is 6.84. The summed E-state index contributed by atoms with van der Waals surface area (Å²) in [5.41, 5.74) is 10.4. The van der Waals surface area contributed by atoms with E-state index in [1.165, 1.54) is 16.9 Å². The van der Waals surface area contributed by atoms with E-state index in [1.54, 1.807) is 4.68 Å². The number of pyridine rings is 1. The summed E-state index contributed by atoms with van der Waals surface area (Å²) in [4.78, 5) is 21.2. The molecule has 4 rings (SSSR count). The van der Waals surface area contributed by atoms with Crippen molar-refractivity contribution in [2.75, 3.05) is 10.7 Å². The third kappa shape index (κ3) is 3.90. The zero-order valence-corrected chi connectivity index (χ0v) is 17.4. The number of carbonyl (C=O) groups is 1. The van der Waals surface area contributed by atoms with E-state index in [-0.39, 0.29) is 0 Å². The number of urea groups is 1. The Kier molecular flexibility index (Phi) is 4.89. The van der Waals surface area contributed by atoms with Crippen LogP contribution in [0.5, 0.6) is 0 Å². The van der Waals surface area contributed by atoms with Gasteiger partial charge in [-0.2, -0.15) is 5.10 Å². The van der Waals surface area contributed by atoms with E-state index in [2.05, 4.69) is 31.2 Å². The minimum absolute atomic E-state index is 0.425. The zero-order chi connectivity index (χ0) is 20.5. The van der Waals surface area contributed by atoms with Gasteiger partial charge in [0.25, 0.3) is 0 Å². The van der Waals surface area contributed by atoms with Gasteiger partial charge in [0.2, 0.25) is 0 Å². The summed E-state index contributed by atoms with van der Waals surface area (Å²) < 4.78 is 1.73. The molecular weight excluding hydrogens is 386 g/mol. The number of hydrazine groups is 1. The minimum Gasteiger partial charge on any atom is -0.290 e. The molecule has 0 atom stereocenters. The topological polar surface area (TPSA) is 96.8 Å². The molecule has 0 saturated heterocycles. The molecular formula is C20H21N7OS. The first-order chi connectivity index (χ1) is 13.9. The fraction of sp³-hybridized carbons (Fsp3) is 0.200. The number of nitrogens with one attached hydrogen (secondary N) is 3. The Morgan fingerprint density at radius 3 is 2.59 bits per heavy atom. The number of hydrogen-bond donors (Lipinski definition) is 3. The lowest BCUT2D eigenvalue weighted by Gasteiger charge is -2.09. The Morgan fingerprint density at radius 2 is 1.83 bits per heavy atom. The number of rotatable bonds is 4. The number of fused-ring (bicyclic) bond motifs is 1. The Labute approximate surface area is 172 Å². The first kappa shape index (κ1) is 18.9. The maximum atomic E-state index is 12.2. The lowest BCUT2D eigenvalue weighted by atomic mass is 10.1. The maximum Gasteiger partial charge on any atom is 0.339 e. The van der Waals surface area contributed by atoms with Crippen molar-refractivity contribution >= 4 is 40.0 Å². The molecule has 1 aromatic carbocycles. The van der Waals surface area contributed by atoms with Crippen LogP contribution in [0.2, 0.25) is 0 Å². The van der Waals surface area contributed by atoms with Crippen LogP contribution in [0.25, 0.3) is 21.6 Å². The number of aromatic nitrogens is 4. The third-order valence-corrected chi connectivity index (χ3v) is 5.41. The van der Waals surface area contributed by atoms with Gasteiger partial charge in [0.15, 0.2) is 5.65 Å². The quantitative estimate of drug-likeness (QED) is 0.441. The van der Waals surface area contributed by atoms with Gasteiger partial charge in [-0.1, -0.05) is 29.8 Å². The minimum atomic E-state index is -0.425. The van der Waals surface area contributed by atoms with Crippen molar-refractivity contribution in [3.05, 3.63) is 52.5 Å². The fourth-order valence-electron chi connectivity index (χ4n) is 3.15. The molecule has 0 aliphatic rings. The van der Waals surface area contributed by atoms with E-state index in [0.29, 0.717) is 11.6 Å². The molecule has 0 spiro atoms. The average Bonchev–Trinajstić information content (AvgIpc) is 3.25. The van der Waals surface area contributed by atoms with Gasteiger partial charge in [-0.05, 0) is 32.4 Å². The highest BCUT2D eigenvalue weighted by molar-refractivity contribution is 7.13. The molecule has 2 amide bonds. The fourth-order valence-corrected chi connectivity index (χ4v) is 3.91. The van der Waals surface area contributed by atoms with Crippen LogP contribution in [-0.4, -0.2) is 25.8 Å². The van der Waals surface area contributed by atoms with Gasteiger partial charge in [0.1, 0.15) is 16.6 Å². The first-order valence-corrected chi connectivity index (χ1v) is 9.95. The average molecular weight is 408 g/mol. The lowest BCUT2D eigenvalue weighted by Crippen LogP contribution is -2.34. The van der Waals surface area contributed by atoms with Gasteiger partial charge in [-0.3, -0.25) is 15.4 Å². The van der Waals surface area contributed by atoms with Gasteiger partial charge >= 0.3 is 6.03 Å². The lowest BCUT2D eigenvalue weighted by molar-refractivity contribution is 0.253. The summed E-state index contributed by atoms with van der Waals surface area (Å²) in [5, 5.41) is 10.8. The molecule has 0 aliphatic carbocycles. The summed E-state index contributed by atoms with van der Waals surface area (Å²) in [7, 11) is 1.85. The first-order valence-electron chi connectivity index (χ1n) is 9.07. The number of amides is 2. The van der Waals surface area contributed by atoms with Crippen LogP contribution in [0.3, 0.4) is 0 Å². The van der Waals surface area contributed by atoms with Gasteiger partial charge in [-0.15, -0.1) is 11.3 Å². The highest BCUT2D eigenvalue weighted by Crippen LogP contribution is 2.26. The predicted molar refractivity (Wildman–Crippen MR) is 116 cm³/mol. The van der Waals surface area contributed by atoms with Gasteiger partial charge in [-0.25, -0.2) is 20.2 Å². The van der Waals surface area contributed by atoms with E-state index < -0.39 is 6.03 Å². The van der Waals surface area contributed by atoms with Crippen LogP contribution in [0.4, 0.5) is 16.4 Å². The van der Waals surface area contributed by atoms with Gasteiger partial charge in [0, 0.05) is 23.4 Å². The molecule has 0 fully saturated rings. The molecule has 0 bridgehead atoms. The SMILES string of the molecule is Cc1ccc(-c2nc(NC(=O)NNc3cc(C)c4c(C)nn(C)c4n3)cs2)cc1. The van der Waals surface area contributed by atoms with E-state index in [4.69, 9.17) is 0 Å². The van der Waals surface area contributed by atoms with Crippen molar-refractivity contribution in [3.8, 4) is 10.6 Å². The van der Waals surface area contributed by atoms with Gasteiger partial charge in [0.05, 0.1) is 5.69 Å². The van der Waals surface area contributed by atoms with Crippen molar-refractivity contribution < 1.29 is 4.79 Å². The van der Waals surface area contributed by atoms with Crippen molar-refractivity contribution in [1.29, 1.82) is 0 Å². The van der Waals surface area contributed by atoms with E-state index in [0.717, 1.165) is 32.9 Å². The van der Waals surface area contributed by atoms with Crippen LogP contribution in [0, 0.1) is 20.8 Å². The van der Waals surface area contributed by atoms with Crippen LogP contribution < -0.4 is 16.2 Å². The van der Waals surface area contributed by atoms with Crippen molar-refractivity contribution in [3.63, 3.8) is 0 Å². The van der Waals surface area contributed by atoms with Crippen molar-refractivity contribution in [2.24, 2.45) is 7.05 Å². The number of hydrogen-bond acceptors (Lipinski definition) is 6. The summed E-state index contributed by atoms with van der Waals surface area (Å²) in [6, 6.07) is 9.56. The molecule has 3 N–H and O–H groups in total. The van der Waals surface area contributed by atoms with Crippen molar-refractivity contribution in [1.82, 2.24) is 25.2 Å². The third-order valence-electron chi connectivity index (χ3n) is 4.51. The van der Waals surface area contributed by atoms with Gasteiger partial charge < -0.3 is 0 Å². The van der Waals surface area contributed by atoms with Crippen LogP contribution in [0.15, 0.2) is 35.7 Å². The normalized spacial score (nSPS) is 10.9. The molecule has 3 heterocycles. The molecule has 148 valence electrons. The molecule has 0 aliphatic heterocycles. The molecule has 4 aromatic rings. The summed E-state index contributed by atoms with van der Waals surface area (Å²) in [6.45, 7) is 5.99. The van der Waals surface area contributed by atoms with Crippen molar-refractivity contribution in [2.45, 2.75) is 20.8 Å². The molecule has 0 saturated carbocycles. The monoisotopic (exact) mass is 407 g/mol. The molecule has 9 heteroatoms.